The van der Waals surface area contributed by atoms with Crippen molar-refractivity contribution in [2.24, 2.45) is 5.92 Å². The molecule has 0 aliphatic heterocycles. The van der Waals surface area contributed by atoms with Crippen molar-refractivity contribution in [3.8, 4) is 0 Å². The van der Waals surface area contributed by atoms with Gasteiger partial charge in [0.05, 0.1) is 16.9 Å². The van der Waals surface area contributed by atoms with Gasteiger partial charge in [-0.1, -0.05) is 25.0 Å². The minimum Gasteiger partial charge on any atom is -0.324 e. The molecule has 1 aliphatic rings. The number of anilines is 2. The van der Waals surface area contributed by atoms with E-state index >= 15 is 0 Å². The second-order valence-electron chi connectivity index (χ2n) is 5.71. The second kappa shape index (κ2) is 7.05. The van der Waals surface area contributed by atoms with E-state index in [2.05, 4.69) is 15.6 Å². The fourth-order valence-corrected chi connectivity index (χ4v) is 2.82. The Hall–Kier alpha value is -2.69. The summed E-state index contributed by atoms with van der Waals surface area (Å²) in [6, 6.07) is 10.6. The number of hydrogen-bond donors (Lipinski definition) is 2. The van der Waals surface area contributed by atoms with Crippen LogP contribution < -0.4 is 10.6 Å². The van der Waals surface area contributed by atoms with Gasteiger partial charge in [0.1, 0.15) is 0 Å². The summed E-state index contributed by atoms with van der Waals surface area (Å²) in [7, 11) is 0. The van der Waals surface area contributed by atoms with Gasteiger partial charge in [-0.3, -0.25) is 14.6 Å². The lowest BCUT2D eigenvalue weighted by Crippen LogP contribution is -2.22. The maximum Gasteiger partial charge on any atom is 0.257 e. The highest BCUT2D eigenvalue weighted by Crippen LogP contribution is 2.28. The lowest BCUT2D eigenvalue weighted by molar-refractivity contribution is -0.119. The molecule has 0 saturated heterocycles. The molecule has 0 unspecified atom stereocenters. The van der Waals surface area contributed by atoms with E-state index in [1.807, 2.05) is 12.1 Å². The molecular formula is C18H19N3O2. The van der Waals surface area contributed by atoms with E-state index in [1.54, 1.807) is 30.5 Å². The summed E-state index contributed by atoms with van der Waals surface area (Å²) in [6.45, 7) is 0. The van der Waals surface area contributed by atoms with E-state index in [0.29, 0.717) is 16.9 Å². The number of carbonyl (C=O) groups excluding carboxylic acids is 2. The molecule has 0 bridgehead atoms. The number of nitrogens with zero attached hydrogens (tertiary/aromatic N) is 1. The molecule has 1 saturated carbocycles. The van der Waals surface area contributed by atoms with E-state index in [0.717, 1.165) is 25.7 Å². The van der Waals surface area contributed by atoms with Gasteiger partial charge >= 0.3 is 0 Å². The van der Waals surface area contributed by atoms with Crippen LogP contribution in [0.5, 0.6) is 0 Å². The highest BCUT2D eigenvalue weighted by Gasteiger charge is 2.23. The molecule has 118 valence electrons. The van der Waals surface area contributed by atoms with Crippen molar-refractivity contribution in [1.82, 2.24) is 4.98 Å². The largest absolute Gasteiger partial charge is 0.324 e. The fraction of sp³-hybridized carbons (Fsp3) is 0.278. The summed E-state index contributed by atoms with van der Waals surface area (Å²) in [5.41, 5.74) is 1.69. The van der Waals surface area contributed by atoms with Gasteiger partial charge in [-0.15, -0.1) is 0 Å². The van der Waals surface area contributed by atoms with Gasteiger partial charge in [0.25, 0.3) is 5.91 Å². The summed E-state index contributed by atoms with van der Waals surface area (Å²) < 4.78 is 0. The second-order valence-corrected chi connectivity index (χ2v) is 5.71. The summed E-state index contributed by atoms with van der Waals surface area (Å²) in [5, 5.41) is 5.77. The van der Waals surface area contributed by atoms with Gasteiger partial charge in [-0.2, -0.15) is 0 Å². The number of nitrogens with one attached hydrogen (secondary N) is 2. The highest BCUT2D eigenvalue weighted by atomic mass is 16.2. The Balaban J connectivity index is 1.73. The number of hydrogen-bond acceptors (Lipinski definition) is 3. The predicted molar refractivity (Wildman–Crippen MR) is 89.2 cm³/mol. The zero-order valence-electron chi connectivity index (χ0n) is 12.8. The minimum atomic E-state index is -0.249. The molecule has 1 aromatic carbocycles. The minimum absolute atomic E-state index is 0.0329. The normalized spacial score (nSPS) is 14.4. The molecule has 0 atom stereocenters. The Morgan fingerprint density at radius 3 is 2.30 bits per heavy atom. The number of carbonyl (C=O) groups is 2. The van der Waals surface area contributed by atoms with E-state index in [-0.39, 0.29) is 17.7 Å². The molecule has 0 radical (unpaired) electrons. The Labute approximate surface area is 135 Å². The van der Waals surface area contributed by atoms with Gasteiger partial charge in [-0.05, 0) is 37.1 Å². The van der Waals surface area contributed by atoms with Crippen LogP contribution in [0, 0.1) is 5.92 Å². The smallest absolute Gasteiger partial charge is 0.257 e. The Kier molecular flexibility index (Phi) is 4.66. The van der Waals surface area contributed by atoms with Crippen LogP contribution in [0.2, 0.25) is 0 Å². The quantitative estimate of drug-likeness (QED) is 0.908. The molecule has 2 amide bonds. The van der Waals surface area contributed by atoms with Crippen molar-refractivity contribution in [2.45, 2.75) is 25.7 Å². The number of pyridine rings is 1. The summed E-state index contributed by atoms with van der Waals surface area (Å²) in [4.78, 5) is 28.5. The van der Waals surface area contributed by atoms with Crippen LogP contribution in [0.1, 0.15) is 36.0 Å². The van der Waals surface area contributed by atoms with Crippen molar-refractivity contribution in [3.63, 3.8) is 0 Å². The van der Waals surface area contributed by atoms with Crippen molar-refractivity contribution < 1.29 is 9.59 Å². The van der Waals surface area contributed by atoms with Crippen LogP contribution in [0.4, 0.5) is 11.4 Å². The maximum absolute atomic E-state index is 12.3. The van der Waals surface area contributed by atoms with Crippen LogP contribution in [-0.2, 0) is 4.79 Å². The molecule has 2 aromatic rings. The van der Waals surface area contributed by atoms with Crippen LogP contribution in [-0.4, -0.2) is 16.8 Å². The Bertz CT molecular complexity index is 694. The third kappa shape index (κ3) is 3.74. The monoisotopic (exact) mass is 309 g/mol. The van der Waals surface area contributed by atoms with Crippen LogP contribution >= 0.6 is 0 Å². The average molecular weight is 309 g/mol. The molecule has 5 heteroatoms. The standard InChI is InChI=1S/C18H19N3O2/c22-17(13-6-1-2-7-13)20-15-9-3-4-10-16(15)21-18(23)14-8-5-11-19-12-14/h3-5,8-13H,1-2,6-7H2,(H,20,22)(H,21,23). The Morgan fingerprint density at radius 1 is 0.957 bits per heavy atom. The molecule has 5 nitrogen and oxygen atoms in total. The number of aromatic nitrogens is 1. The van der Waals surface area contributed by atoms with Gasteiger partial charge < -0.3 is 10.6 Å². The van der Waals surface area contributed by atoms with Crippen molar-refractivity contribution >= 4 is 23.2 Å². The van der Waals surface area contributed by atoms with Gasteiger partial charge in [-0.25, -0.2) is 0 Å². The molecule has 1 aromatic heterocycles. The first kappa shape index (κ1) is 15.2. The van der Waals surface area contributed by atoms with Gasteiger partial charge in [0.15, 0.2) is 0 Å². The topological polar surface area (TPSA) is 71.1 Å². The van der Waals surface area contributed by atoms with E-state index in [9.17, 15) is 9.59 Å². The summed E-state index contributed by atoms with van der Waals surface area (Å²) >= 11 is 0. The number of amides is 2. The van der Waals surface area contributed by atoms with Crippen molar-refractivity contribution in [1.29, 1.82) is 0 Å². The predicted octanol–water partition coefficient (Wildman–Crippen LogP) is 3.46. The molecule has 0 spiro atoms. The van der Waals surface area contributed by atoms with Crippen LogP contribution in [0.3, 0.4) is 0 Å². The third-order valence-corrected chi connectivity index (χ3v) is 4.08. The summed E-state index contributed by atoms with van der Waals surface area (Å²) in [6.07, 6.45) is 7.22. The van der Waals surface area contributed by atoms with Gasteiger partial charge in [0, 0.05) is 18.3 Å². The lowest BCUT2D eigenvalue weighted by atomic mass is 10.1. The average Bonchev–Trinajstić information content (AvgIpc) is 3.12. The number of benzene rings is 1. The zero-order valence-corrected chi connectivity index (χ0v) is 12.8. The first-order valence-corrected chi connectivity index (χ1v) is 7.85. The molecule has 1 aliphatic carbocycles. The molecule has 23 heavy (non-hydrogen) atoms. The molecule has 1 fully saturated rings. The zero-order chi connectivity index (χ0) is 16.1. The van der Waals surface area contributed by atoms with Gasteiger partial charge in [0.2, 0.25) is 5.91 Å². The SMILES string of the molecule is O=C(Nc1ccccc1NC(=O)C1CCCC1)c1cccnc1. The molecule has 3 rings (SSSR count). The van der Waals surface area contributed by atoms with Crippen molar-refractivity contribution in [3.05, 3.63) is 54.4 Å². The molecule has 1 heterocycles. The van der Waals surface area contributed by atoms with Crippen LogP contribution in [0.15, 0.2) is 48.8 Å². The first-order chi connectivity index (χ1) is 11.2. The highest BCUT2D eigenvalue weighted by molar-refractivity contribution is 6.07. The lowest BCUT2D eigenvalue weighted by Gasteiger charge is -2.14. The van der Waals surface area contributed by atoms with E-state index < -0.39 is 0 Å². The van der Waals surface area contributed by atoms with E-state index in [1.165, 1.54) is 6.20 Å². The molecule has 2 N–H and O–H groups in total. The maximum atomic E-state index is 12.3. The number of para-hydroxylation sites is 2. The van der Waals surface area contributed by atoms with Crippen LogP contribution in [0.25, 0.3) is 0 Å². The molecular weight excluding hydrogens is 290 g/mol. The van der Waals surface area contributed by atoms with Crippen molar-refractivity contribution in [2.75, 3.05) is 10.6 Å². The number of rotatable bonds is 4. The summed E-state index contributed by atoms with van der Waals surface area (Å²) in [5.74, 6) is -0.136. The fourth-order valence-electron chi connectivity index (χ4n) is 2.82. The first-order valence-electron chi connectivity index (χ1n) is 7.85. The van der Waals surface area contributed by atoms with E-state index in [4.69, 9.17) is 0 Å². The third-order valence-electron chi connectivity index (χ3n) is 4.08. The Morgan fingerprint density at radius 2 is 1.65 bits per heavy atom.